The van der Waals surface area contributed by atoms with Gasteiger partial charge in [-0.05, 0) is 18.6 Å². The molecule has 0 aliphatic carbocycles. The van der Waals surface area contributed by atoms with Gasteiger partial charge in [0, 0.05) is 12.5 Å². The molecule has 5 heteroatoms. The third kappa shape index (κ3) is 2.30. The first-order valence-corrected chi connectivity index (χ1v) is 5.88. The Labute approximate surface area is 105 Å². The van der Waals surface area contributed by atoms with Crippen molar-refractivity contribution in [1.82, 2.24) is 0 Å². The van der Waals surface area contributed by atoms with Crippen LogP contribution in [0, 0.1) is 0 Å². The van der Waals surface area contributed by atoms with Crippen molar-refractivity contribution in [2.24, 2.45) is 0 Å². The van der Waals surface area contributed by atoms with Crippen molar-refractivity contribution in [3.63, 3.8) is 0 Å². The number of carbonyl (C=O) groups excluding carboxylic acids is 1. The molecule has 1 aliphatic rings. The van der Waals surface area contributed by atoms with Gasteiger partial charge in [-0.15, -0.1) is 0 Å². The number of carboxylic acid groups (broad SMARTS) is 1. The third-order valence-corrected chi connectivity index (χ3v) is 2.98. The largest absolute Gasteiger partial charge is 0.481 e. The van der Waals surface area contributed by atoms with Gasteiger partial charge in [0.15, 0.2) is 0 Å². The zero-order valence-corrected chi connectivity index (χ0v) is 10.1. The predicted octanol–water partition coefficient (Wildman–Crippen LogP) is 2.22. The van der Waals surface area contributed by atoms with Crippen LogP contribution in [-0.2, 0) is 9.53 Å². The zero-order valence-electron chi connectivity index (χ0n) is 10.1. The highest BCUT2D eigenvalue weighted by Crippen LogP contribution is 2.38. The summed E-state index contributed by atoms with van der Waals surface area (Å²) in [5, 5.41) is 8.89. The highest BCUT2D eigenvalue weighted by atomic mass is 16.6. The second-order valence-electron chi connectivity index (χ2n) is 4.16. The minimum Gasteiger partial charge on any atom is -0.481 e. The Hall–Kier alpha value is -2.04. The summed E-state index contributed by atoms with van der Waals surface area (Å²) < 4.78 is 4.98. The molecule has 0 saturated heterocycles. The molecule has 1 aliphatic heterocycles. The molecule has 0 bridgehead atoms. The molecule has 1 N–H and O–H groups in total. The average molecular weight is 249 g/mol. The molecular formula is C13H15NO4. The lowest BCUT2D eigenvalue weighted by atomic mass is 9.98. The zero-order chi connectivity index (χ0) is 13.1. The molecule has 2 rings (SSSR count). The normalized spacial score (nSPS) is 17.4. The molecule has 5 nitrogen and oxygen atoms in total. The van der Waals surface area contributed by atoms with Crippen LogP contribution >= 0.6 is 0 Å². The second kappa shape index (κ2) is 5.08. The number of aliphatic carboxylic acids is 1. The van der Waals surface area contributed by atoms with E-state index in [0.29, 0.717) is 13.2 Å². The Bertz CT molecular complexity index is 472. The van der Waals surface area contributed by atoms with Gasteiger partial charge in [-0.1, -0.05) is 18.2 Å². The fraction of sp³-hybridized carbons (Fsp3) is 0.385. The van der Waals surface area contributed by atoms with Crippen LogP contribution in [-0.4, -0.2) is 30.3 Å². The maximum atomic E-state index is 11.8. The van der Waals surface area contributed by atoms with E-state index >= 15 is 0 Å². The van der Waals surface area contributed by atoms with Crippen LogP contribution in [0.2, 0.25) is 0 Å². The summed E-state index contributed by atoms with van der Waals surface area (Å²) in [5.41, 5.74) is 1.65. The summed E-state index contributed by atoms with van der Waals surface area (Å²) in [5.74, 6) is -1.02. The second-order valence-corrected chi connectivity index (χ2v) is 4.16. The summed E-state index contributed by atoms with van der Waals surface area (Å²) >= 11 is 0. The van der Waals surface area contributed by atoms with E-state index in [1.165, 1.54) is 4.90 Å². The molecule has 0 aromatic heterocycles. The minimum absolute atomic E-state index is 0.0208. The first kappa shape index (κ1) is 12.4. The predicted molar refractivity (Wildman–Crippen MR) is 65.8 cm³/mol. The van der Waals surface area contributed by atoms with E-state index < -0.39 is 12.1 Å². The topological polar surface area (TPSA) is 66.8 Å². The van der Waals surface area contributed by atoms with E-state index in [0.717, 1.165) is 11.3 Å². The van der Waals surface area contributed by atoms with Gasteiger partial charge in [-0.25, -0.2) is 4.79 Å². The Balaban J connectivity index is 2.27. The molecule has 1 heterocycles. The number of fused-ring (bicyclic) bond motifs is 1. The Kier molecular flexibility index (Phi) is 3.50. The van der Waals surface area contributed by atoms with E-state index in [-0.39, 0.29) is 12.3 Å². The number of amides is 1. The fourth-order valence-corrected chi connectivity index (χ4v) is 2.26. The number of para-hydroxylation sites is 1. The highest BCUT2D eigenvalue weighted by molar-refractivity contribution is 5.91. The number of anilines is 1. The SMILES string of the molecule is CCOC(=O)N1CC(CC(=O)O)c2ccccc21. The summed E-state index contributed by atoms with van der Waals surface area (Å²) in [7, 11) is 0. The lowest BCUT2D eigenvalue weighted by molar-refractivity contribution is -0.137. The van der Waals surface area contributed by atoms with Gasteiger partial charge in [0.2, 0.25) is 0 Å². The van der Waals surface area contributed by atoms with Gasteiger partial charge in [-0.2, -0.15) is 0 Å². The van der Waals surface area contributed by atoms with E-state index in [4.69, 9.17) is 9.84 Å². The van der Waals surface area contributed by atoms with E-state index in [1.807, 2.05) is 24.3 Å². The first-order chi connectivity index (χ1) is 8.63. The smallest absolute Gasteiger partial charge is 0.414 e. The molecular weight excluding hydrogens is 234 g/mol. The van der Waals surface area contributed by atoms with Crippen molar-refractivity contribution in [2.45, 2.75) is 19.3 Å². The summed E-state index contributed by atoms with van der Waals surface area (Å²) in [6, 6.07) is 7.35. The number of nitrogens with zero attached hydrogens (tertiary/aromatic N) is 1. The Morgan fingerprint density at radius 3 is 2.83 bits per heavy atom. The molecule has 18 heavy (non-hydrogen) atoms. The van der Waals surface area contributed by atoms with Crippen LogP contribution in [0.25, 0.3) is 0 Å². The van der Waals surface area contributed by atoms with Crippen LogP contribution in [0.15, 0.2) is 24.3 Å². The lowest BCUT2D eigenvalue weighted by Gasteiger charge is -2.16. The van der Waals surface area contributed by atoms with Gasteiger partial charge < -0.3 is 9.84 Å². The number of rotatable bonds is 3. The summed E-state index contributed by atoms with van der Waals surface area (Å²) in [6.07, 6.45) is -0.398. The number of benzene rings is 1. The van der Waals surface area contributed by atoms with Gasteiger partial charge >= 0.3 is 12.1 Å². The van der Waals surface area contributed by atoms with Gasteiger partial charge in [0.05, 0.1) is 18.7 Å². The third-order valence-electron chi connectivity index (χ3n) is 2.98. The summed E-state index contributed by atoms with van der Waals surface area (Å²) in [6.45, 7) is 2.42. The minimum atomic E-state index is -0.861. The monoisotopic (exact) mass is 249 g/mol. The van der Waals surface area contributed by atoms with Crippen molar-refractivity contribution in [3.05, 3.63) is 29.8 Å². The van der Waals surface area contributed by atoms with Crippen molar-refractivity contribution in [3.8, 4) is 0 Å². The summed E-state index contributed by atoms with van der Waals surface area (Å²) in [4.78, 5) is 24.1. The van der Waals surface area contributed by atoms with Crippen molar-refractivity contribution < 1.29 is 19.4 Å². The molecule has 0 spiro atoms. The molecule has 96 valence electrons. The molecule has 1 amide bonds. The van der Waals surface area contributed by atoms with Crippen LogP contribution in [0.3, 0.4) is 0 Å². The molecule has 0 radical (unpaired) electrons. The number of hydrogen-bond acceptors (Lipinski definition) is 3. The number of hydrogen-bond donors (Lipinski definition) is 1. The maximum absolute atomic E-state index is 11.8. The maximum Gasteiger partial charge on any atom is 0.414 e. The lowest BCUT2D eigenvalue weighted by Crippen LogP contribution is -2.30. The van der Waals surface area contributed by atoms with Gasteiger partial charge in [0.1, 0.15) is 0 Å². The van der Waals surface area contributed by atoms with Crippen LogP contribution in [0.5, 0.6) is 0 Å². The van der Waals surface area contributed by atoms with Gasteiger partial charge in [-0.3, -0.25) is 9.69 Å². The fourth-order valence-electron chi connectivity index (χ4n) is 2.26. The standard InChI is InChI=1S/C13H15NO4/c1-2-18-13(17)14-8-9(7-12(15)16)10-5-3-4-6-11(10)14/h3-6,9H,2,7-8H2,1H3,(H,15,16). The molecule has 1 aromatic carbocycles. The highest BCUT2D eigenvalue weighted by Gasteiger charge is 2.33. The van der Waals surface area contributed by atoms with Crippen LogP contribution in [0.1, 0.15) is 24.8 Å². The van der Waals surface area contributed by atoms with E-state index in [2.05, 4.69) is 0 Å². The van der Waals surface area contributed by atoms with Crippen molar-refractivity contribution >= 4 is 17.7 Å². The molecule has 1 atom stereocenters. The molecule has 0 fully saturated rings. The molecule has 0 saturated carbocycles. The van der Waals surface area contributed by atoms with E-state index in [9.17, 15) is 9.59 Å². The quantitative estimate of drug-likeness (QED) is 0.891. The van der Waals surface area contributed by atoms with E-state index in [1.54, 1.807) is 6.92 Å². The Morgan fingerprint density at radius 1 is 1.44 bits per heavy atom. The van der Waals surface area contributed by atoms with Crippen LogP contribution in [0.4, 0.5) is 10.5 Å². The van der Waals surface area contributed by atoms with Crippen molar-refractivity contribution in [2.75, 3.05) is 18.1 Å². The number of ether oxygens (including phenoxy) is 1. The molecule has 1 aromatic rings. The van der Waals surface area contributed by atoms with Crippen LogP contribution < -0.4 is 4.90 Å². The van der Waals surface area contributed by atoms with Crippen molar-refractivity contribution in [1.29, 1.82) is 0 Å². The molecule has 1 unspecified atom stereocenters. The first-order valence-electron chi connectivity index (χ1n) is 5.88. The Morgan fingerprint density at radius 2 is 2.17 bits per heavy atom. The van der Waals surface area contributed by atoms with Gasteiger partial charge in [0.25, 0.3) is 0 Å². The number of carboxylic acids is 1. The number of carbonyl (C=O) groups is 2. The average Bonchev–Trinajstić information content (AvgIpc) is 2.68.